The molecule has 0 atom stereocenters. The van der Waals surface area contributed by atoms with Gasteiger partial charge in [0.15, 0.2) is 0 Å². The van der Waals surface area contributed by atoms with E-state index in [9.17, 15) is 4.39 Å². The van der Waals surface area contributed by atoms with Crippen molar-refractivity contribution in [2.75, 3.05) is 7.05 Å². The second kappa shape index (κ2) is 4.50. The molecule has 1 aromatic carbocycles. The molecule has 0 saturated carbocycles. The molecule has 1 nitrogen and oxygen atoms in total. The summed E-state index contributed by atoms with van der Waals surface area (Å²) in [6, 6.07) is 4.95. The smallest absolute Gasteiger partial charge is 0.142 e. The van der Waals surface area contributed by atoms with Gasteiger partial charge in [0.2, 0.25) is 0 Å². The average Bonchev–Trinajstić information content (AvgIpc) is 2.10. The third kappa shape index (κ3) is 3.47. The fourth-order valence-corrected chi connectivity index (χ4v) is 1.27. The van der Waals surface area contributed by atoms with Crippen LogP contribution in [-0.4, -0.2) is 17.5 Å². The van der Waals surface area contributed by atoms with Gasteiger partial charge in [0, 0.05) is 12.1 Å². The van der Waals surface area contributed by atoms with Crippen LogP contribution in [0.15, 0.2) is 18.2 Å². The van der Waals surface area contributed by atoms with E-state index in [1.165, 1.54) is 6.07 Å². The fraction of sp³-hybridized carbons (Fsp3) is 0.500. The van der Waals surface area contributed by atoms with E-state index in [1.54, 1.807) is 6.07 Å². The van der Waals surface area contributed by atoms with E-state index < -0.39 is 0 Å². The number of benzene rings is 1. The van der Waals surface area contributed by atoms with E-state index >= 15 is 0 Å². The van der Waals surface area contributed by atoms with E-state index in [-0.39, 0.29) is 16.4 Å². The quantitative estimate of drug-likeness (QED) is 0.747. The SMILES string of the molecule is CN(Cc1ccc(Cl)c(F)c1)C(C)(C)C. The predicted molar refractivity (Wildman–Crippen MR) is 62.6 cm³/mol. The Hall–Kier alpha value is -0.600. The molecule has 0 unspecified atom stereocenters. The molecule has 0 aromatic heterocycles. The van der Waals surface area contributed by atoms with Crippen molar-refractivity contribution in [1.82, 2.24) is 4.90 Å². The van der Waals surface area contributed by atoms with Crippen LogP contribution < -0.4 is 0 Å². The van der Waals surface area contributed by atoms with Gasteiger partial charge in [-0.3, -0.25) is 4.90 Å². The number of halogens is 2. The summed E-state index contributed by atoms with van der Waals surface area (Å²) in [5, 5.41) is 0.178. The Labute approximate surface area is 95.8 Å². The molecule has 0 bridgehead atoms. The molecule has 0 radical (unpaired) electrons. The van der Waals surface area contributed by atoms with E-state index in [0.717, 1.165) is 12.1 Å². The van der Waals surface area contributed by atoms with Crippen LogP contribution in [0.5, 0.6) is 0 Å². The summed E-state index contributed by atoms with van der Waals surface area (Å²) in [4.78, 5) is 2.16. The lowest BCUT2D eigenvalue weighted by Gasteiger charge is -2.31. The Bertz CT molecular complexity index is 344. The molecule has 0 N–H and O–H groups in total. The average molecular weight is 230 g/mol. The summed E-state index contributed by atoms with van der Waals surface area (Å²) in [5.74, 6) is -0.350. The van der Waals surface area contributed by atoms with Gasteiger partial charge in [0.05, 0.1) is 5.02 Å². The summed E-state index contributed by atoms with van der Waals surface area (Å²) in [5.41, 5.74) is 1.02. The minimum atomic E-state index is -0.350. The highest BCUT2D eigenvalue weighted by Crippen LogP contribution is 2.19. The highest BCUT2D eigenvalue weighted by atomic mass is 35.5. The Morgan fingerprint density at radius 1 is 1.33 bits per heavy atom. The Morgan fingerprint density at radius 2 is 1.93 bits per heavy atom. The van der Waals surface area contributed by atoms with Crippen LogP contribution in [0.3, 0.4) is 0 Å². The standard InChI is InChI=1S/C12H17ClFN/c1-12(2,3)15(4)8-9-5-6-10(13)11(14)7-9/h5-7H,8H2,1-4H3. The monoisotopic (exact) mass is 229 g/mol. The molecule has 0 spiro atoms. The number of hydrogen-bond donors (Lipinski definition) is 0. The molecule has 0 aliphatic heterocycles. The molecule has 1 aromatic rings. The van der Waals surface area contributed by atoms with Crippen LogP contribution in [0.2, 0.25) is 5.02 Å². The normalized spacial score (nSPS) is 12.2. The van der Waals surface area contributed by atoms with Crippen LogP contribution in [0.1, 0.15) is 26.3 Å². The topological polar surface area (TPSA) is 3.24 Å². The van der Waals surface area contributed by atoms with Gasteiger partial charge in [0.1, 0.15) is 5.82 Å². The number of nitrogens with zero attached hydrogens (tertiary/aromatic N) is 1. The molecule has 0 aliphatic carbocycles. The third-order valence-corrected chi connectivity index (χ3v) is 2.86. The lowest BCUT2D eigenvalue weighted by molar-refractivity contribution is 0.167. The second-order valence-corrected chi connectivity index (χ2v) is 5.18. The van der Waals surface area contributed by atoms with Gasteiger partial charge in [-0.2, -0.15) is 0 Å². The van der Waals surface area contributed by atoms with Crippen molar-refractivity contribution >= 4 is 11.6 Å². The molecule has 0 aliphatic rings. The molecule has 0 fully saturated rings. The maximum absolute atomic E-state index is 13.2. The van der Waals surface area contributed by atoms with Crippen molar-refractivity contribution in [3.63, 3.8) is 0 Å². The molecule has 0 heterocycles. The fourth-order valence-electron chi connectivity index (χ4n) is 1.15. The van der Waals surface area contributed by atoms with Crippen molar-refractivity contribution in [2.24, 2.45) is 0 Å². The number of hydrogen-bond acceptors (Lipinski definition) is 1. The van der Waals surface area contributed by atoms with Gasteiger partial charge in [-0.1, -0.05) is 17.7 Å². The highest BCUT2D eigenvalue weighted by molar-refractivity contribution is 6.30. The first-order valence-electron chi connectivity index (χ1n) is 4.96. The van der Waals surface area contributed by atoms with E-state index in [0.29, 0.717) is 0 Å². The van der Waals surface area contributed by atoms with Crippen LogP contribution in [-0.2, 0) is 6.54 Å². The first-order valence-corrected chi connectivity index (χ1v) is 5.33. The van der Waals surface area contributed by atoms with Gasteiger partial charge in [-0.25, -0.2) is 4.39 Å². The Balaban J connectivity index is 2.78. The predicted octanol–water partition coefficient (Wildman–Crippen LogP) is 3.71. The van der Waals surface area contributed by atoms with Crippen molar-refractivity contribution in [1.29, 1.82) is 0 Å². The highest BCUT2D eigenvalue weighted by Gasteiger charge is 2.17. The van der Waals surface area contributed by atoms with Crippen LogP contribution in [0, 0.1) is 5.82 Å². The van der Waals surface area contributed by atoms with Crippen molar-refractivity contribution in [2.45, 2.75) is 32.9 Å². The molecule has 0 amide bonds. The van der Waals surface area contributed by atoms with Crippen molar-refractivity contribution in [3.8, 4) is 0 Å². The summed E-state index contributed by atoms with van der Waals surface area (Å²) in [6.45, 7) is 7.09. The van der Waals surface area contributed by atoms with Gasteiger partial charge in [-0.05, 0) is 45.5 Å². The van der Waals surface area contributed by atoms with Crippen molar-refractivity contribution < 1.29 is 4.39 Å². The van der Waals surface area contributed by atoms with Gasteiger partial charge in [0.25, 0.3) is 0 Å². The second-order valence-electron chi connectivity index (χ2n) is 4.78. The van der Waals surface area contributed by atoms with Crippen LogP contribution in [0.25, 0.3) is 0 Å². The summed E-state index contributed by atoms with van der Waals surface area (Å²) in [6.07, 6.45) is 0. The molecule has 0 saturated heterocycles. The van der Waals surface area contributed by atoms with Crippen molar-refractivity contribution in [3.05, 3.63) is 34.6 Å². The molecule has 1 rings (SSSR count). The molecule has 15 heavy (non-hydrogen) atoms. The number of rotatable bonds is 2. The lowest BCUT2D eigenvalue weighted by Crippen LogP contribution is -2.37. The zero-order valence-corrected chi connectivity index (χ0v) is 10.4. The molecule has 84 valence electrons. The molecular formula is C12H17ClFN. The Kier molecular flexibility index (Phi) is 3.74. The first-order chi connectivity index (χ1) is 6.80. The van der Waals surface area contributed by atoms with Gasteiger partial charge >= 0.3 is 0 Å². The zero-order valence-electron chi connectivity index (χ0n) is 9.64. The van der Waals surface area contributed by atoms with Gasteiger partial charge in [-0.15, -0.1) is 0 Å². The largest absolute Gasteiger partial charge is 0.297 e. The summed E-state index contributed by atoms with van der Waals surface area (Å²) >= 11 is 5.62. The minimum absolute atomic E-state index is 0.0795. The third-order valence-electron chi connectivity index (χ3n) is 2.55. The lowest BCUT2D eigenvalue weighted by atomic mass is 10.1. The zero-order chi connectivity index (χ0) is 11.6. The Morgan fingerprint density at radius 3 is 2.40 bits per heavy atom. The van der Waals surface area contributed by atoms with Crippen LogP contribution >= 0.6 is 11.6 Å². The van der Waals surface area contributed by atoms with E-state index in [1.807, 2.05) is 13.1 Å². The molecule has 3 heteroatoms. The van der Waals surface area contributed by atoms with Crippen LogP contribution in [0.4, 0.5) is 4.39 Å². The van der Waals surface area contributed by atoms with E-state index in [2.05, 4.69) is 25.7 Å². The van der Waals surface area contributed by atoms with Gasteiger partial charge < -0.3 is 0 Å². The van der Waals surface area contributed by atoms with E-state index in [4.69, 9.17) is 11.6 Å². The summed E-state index contributed by atoms with van der Waals surface area (Å²) in [7, 11) is 2.02. The minimum Gasteiger partial charge on any atom is -0.297 e. The first kappa shape index (κ1) is 12.5. The maximum atomic E-state index is 13.2. The maximum Gasteiger partial charge on any atom is 0.142 e. The summed E-state index contributed by atoms with van der Waals surface area (Å²) < 4.78 is 13.2. The molecular weight excluding hydrogens is 213 g/mol.